The number of hydrogen-bond donors (Lipinski definition) is 1. The van der Waals surface area contributed by atoms with Crippen LogP contribution in [0.5, 0.6) is 0 Å². The molecule has 0 atom stereocenters. The fraction of sp³-hybridized carbons (Fsp3) is 0.357. The van der Waals surface area contributed by atoms with Crippen LogP contribution in [0.25, 0.3) is 11.0 Å². The SMILES string of the molecule is Clc1cnc(CSc2nc3cscc3[nH]2)nc1N1CCOCC1. The molecule has 0 amide bonds. The van der Waals surface area contributed by atoms with Gasteiger partial charge in [0.25, 0.3) is 0 Å². The number of nitrogens with one attached hydrogen (secondary N) is 1. The molecule has 120 valence electrons. The maximum Gasteiger partial charge on any atom is 0.166 e. The molecule has 9 heteroatoms. The zero-order valence-electron chi connectivity index (χ0n) is 12.2. The first-order valence-electron chi connectivity index (χ1n) is 7.18. The summed E-state index contributed by atoms with van der Waals surface area (Å²) >= 11 is 9.49. The van der Waals surface area contributed by atoms with Gasteiger partial charge in [-0.1, -0.05) is 23.4 Å². The summed E-state index contributed by atoms with van der Waals surface area (Å²) < 4.78 is 5.37. The summed E-state index contributed by atoms with van der Waals surface area (Å²) in [5, 5.41) is 5.56. The van der Waals surface area contributed by atoms with Crippen LogP contribution in [-0.2, 0) is 10.5 Å². The molecule has 1 N–H and O–H groups in total. The Morgan fingerprint density at radius 2 is 2.17 bits per heavy atom. The molecule has 23 heavy (non-hydrogen) atoms. The third-order valence-corrected chi connectivity index (χ3v) is 5.40. The van der Waals surface area contributed by atoms with Crippen molar-refractivity contribution in [2.45, 2.75) is 10.9 Å². The molecular weight excluding hydrogens is 354 g/mol. The Morgan fingerprint density at radius 3 is 3.00 bits per heavy atom. The molecule has 3 aromatic rings. The highest BCUT2D eigenvalue weighted by atomic mass is 35.5. The van der Waals surface area contributed by atoms with Crippen LogP contribution in [0.4, 0.5) is 5.82 Å². The summed E-state index contributed by atoms with van der Waals surface area (Å²) in [5.41, 5.74) is 2.08. The van der Waals surface area contributed by atoms with Crippen molar-refractivity contribution in [2.75, 3.05) is 31.2 Å². The van der Waals surface area contributed by atoms with Crippen LogP contribution in [0.15, 0.2) is 22.1 Å². The van der Waals surface area contributed by atoms with Crippen molar-refractivity contribution in [3.63, 3.8) is 0 Å². The molecule has 1 aliphatic rings. The van der Waals surface area contributed by atoms with Gasteiger partial charge in [0.2, 0.25) is 0 Å². The molecule has 0 spiro atoms. The predicted molar refractivity (Wildman–Crippen MR) is 93.6 cm³/mol. The quantitative estimate of drug-likeness (QED) is 0.714. The third kappa shape index (κ3) is 3.30. The van der Waals surface area contributed by atoms with Gasteiger partial charge in [0.05, 0.1) is 30.7 Å². The van der Waals surface area contributed by atoms with E-state index in [1.54, 1.807) is 29.3 Å². The van der Waals surface area contributed by atoms with Crippen molar-refractivity contribution in [1.29, 1.82) is 0 Å². The van der Waals surface area contributed by atoms with Crippen LogP contribution < -0.4 is 4.90 Å². The van der Waals surface area contributed by atoms with E-state index in [1.165, 1.54) is 0 Å². The number of thioether (sulfide) groups is 1. The number of aromatic nitrogens is 4. The van der Waals surface area contributed by atoms with Crippen LogP contribution in [-0.4, -0.2) is 46.2 Å². The second-order valence-corrected chi connectivity index (χ2v) is 7.17. The van der Waals surface area contributed by atoms with Gasteiger partial charge in [-0.2, -0.15) is 0 Å². The molecule has 4 heterocycles. The van der Waals surface area contributed by atoms with Gasteiger partial charge in [-0.05, 0) is 0 Å². The first-order valence-corrected chi connectivity index (χ1v) is 9.49. The summed E-state index contributed by atoms with van der Waals surface area (Å²) in [5.74, 6) is 2.19. The van der Waals surface area contributed by atoms with Crippen molar-refractivity contribution in [2.24, 2.45) is 0 Å². The Labute approximate surface area is 146 Å². The average molecular weight is 368 g/mol. The summed E-state index contributed by atoms with van der Waals surface area (Å²) in [7, 11) is 0. The molecule has 0 bridgehead atoms. The van der Waals surface area contributed by atoms with E-state index in [1.807, 2.05) is 5.38 Å². The first-order chi connectivity index (χ1) is 11.3. The summed E-state index contributed by atoms with van der Waals surface area (Å²) in [6.07, 6.45) is 1.68. The lowest BCUT2D eigenvalue weighted by Crippen LogP contribution is -2.37. The Morgan fingerprint density at radius 1 is 1.30 bits per heavy atom. The molecule has 1 aliphatic heterocycles. The Bertz CT molecular complexity index is 786. The third-order valence-electron chi connectivity index (χ3n) is 3.53. The fourth-order valence-electron chi connectivity index (χ4n) is 2.38. The summed E-state index contributed by atoms with van der Waals surface area (Å²) in [4.78, 5) is 18.9. The summed E-state index contributed by atoms with van der Waals surface area (Å²) in [6, 6.07) is 0. The number of morpholine rings is 1. The van der Waals surface area contributed by atoms with Gasteiger partial charge in [0, 0.05) is 23.8 Å². The molecule has 0 aromatic carbocycles. The second-order valence-electron chi connectivity index (χ2n) is 5.06. The standard InChI is InChI=1S/C14H14ClN5OS2/c15-9-5-16-12(19-13(9)20-1-3-21-4-2-20)8-23-14-17-10-6-22-7-11(10)18-14/h5-7H,1-4,8H2,(H,17,18). The molecule has 1 fully saturated rings. The largest absolute Gasteiger partial charge is 0.378 e. The van der Waals surface area contributed by atoms with E-state index in [0.29, 0.717) is 24.0 Å². The number of thiophene rings is 1. The molecule has 0 radical (unpaired) electrons. The van der Waals surface area contributed by atoms with Gasteiger partial charge in [-0.15, -0.1) is 11.3 Å². The highest BCUT2D eigenvalue weighted by molar-refractivity contribution is 7.98. The van der Waals surface area contributed by atoms with Gasteiger partial charge in [0.15, 0.2) is 11.0 Å². The molecule has 1 saturated heterocycles. The number of H-pyrrole nitrogens is 1. The number of rotatable bonds is 4. The molecule has 4 rings (SSSR count). The van der Waals surface area contributed by atoms with Crippen LogP contribution in [0.2, 0.25) is 5.02 Å². The van der Waals surface area contributed by atoms with E-state index in [9.17, 15) is 0 Å². The molecular formula is C14H14ClN5OS2. The van der Waals surface area contributed by atoms with Crippen LogP contribution in [0.1, 0.15) is 5.82 Å². The molecule has 0 saturated carbocycles. The van der Waals surface area contributed by atoms with E-state index < -0.39 is 0 Å². The Kier molecular flexibility index (Phi) is 4.39. The number of fused-ring (bicyclic) bond motifs is 1. The zero-order valence-corrected chi connectivity index (χ0v) is 14.5. The van der Waals surface area contributed by atoms with Crippen LogP contribution >= 0.6 is 34.7 Å². The van der Waals surface area contributed by atoms with E-state index in [4.69, 9.17) is 16.3 Å². The molecule has 3 aromatic heterocycles. The number of halogens is 1. The van der Waals surface area contributed by atoms with Crippen molar-refractivity contribution < 1.29 is 4.74 Å². The van der Waals surface area contributed by atoms with Crippen LogP contribution in [0, 0.1) is 0 Å². The minimum absolute atomic E-state index is 0.582. The maximum absolute atomic E-state index is 6.25. The number of hydrogen-bond acceptors (Lipinski definition) is 7. The lowest BCUT2D eigenvalue weighted by atomic mass is 10.4. The normalized spacial score (nSPS) is 15.4. The van der Waals surface area contributed by atoms with Gasteiger partial charge in [-0.3, -0.25) is 0 Å². The monoisotopic (exact) mass is 367 g/mol. The lowest BCUT2D eigenvalue weighted by molar-refractivity contribution is 0.122. The molecule has 6 nitrogen and oxygen atoms in total. The first kappa shape index (κ1) is 15.2. The van der Waals surface area contributed by atoms with Gasteiger partial charge >= 0.3 is 0 Å². The van der Waals surface area contributed by atoms with Gasteiger partial charge in [-0.25, -0.2) is 15.0 Å². The van der Waals surface area contributed by atoms with Crippen molar-refractivity contribution in [3.8, 4) is 0 Å². The van der Waals surface area contributed by atoms with E-state index in [2.05, 4.69) is 30.2 Å². The predicted octanol–water partition coefficient (Wildman–Crippen LogP) is 3.20. The zero-order chi connectivity index (χ0) is 15.6. The number of anilines is 1. The van der Waals surface area contributed by atoms with Crippen molar-refractivity contribution >= 4 is 51.6 Å². The highest BCUT2D eigenvalue weighted by Gasteiger charge is 2.17. The maximum atomic E-state index is 6.25. The molecule has 0 unspecified atom stereocenters. The fourth-order valence-corrected chi connectivity index (χ4v) is 4.04. The van der Waals surface area contributed by atoms with E-state index in [0.717, 1.165) is 40.9 Å². The number of ether oxygens (including phenoxy) is 1. The smallest absolute Gasteiger partial charge is 0.166 e. The van der Waals surface area contributed by atoms with Crippen LogP contribution in [0.3, 0.4) is 0 Å². The highest BCUT2D eigenvalue weighted by Crippen LogP contribution is 2.27. The van der Waals surface area contributed by atoms with Crippen molar-refractivity contribution in [1.82, 2.24) is 19.9 Å². The topological polar surface area (TPSA) is 66.9 Å². The van der Waals surface area contributed by atoms with Gasteiger partial charge < -0.3 is 14.6 Å². The minimum atomic E-state index is 0.582. The van der Waals surface area contributed by atoms with E-state index >= 15 is 0 Å². The average Bonchev–Trinajstić information content (AvgIpc) is 3.16. The number of aromatic amines is 1. The lowest BCUT2D eigenvalue weighted by Gasteiger charge is -2.28. The molecule has 0 aliphatic carbocycles. The Hall–Kier alpha value is -1.35. The van der Waals surface area contributed by atoms with Gasteiger partial charge in [0.1, 0.15) is 16.4 Å². The Balaban J connectivity index is 1.48. The number of nitrogens with zero attached hydrogens (tertiary/aromatic N) is 4. The minimum Gasteiger partial charge on any atom is -0.378 e. The number of imidazole rings is 1. The summed E-state index contributed by atoms with van der Waals surface area (Å²) in [6.45, 7) is 3.01. The van der Waals surface area contributed by atoms with E-state index in [-0.39, 0.29) is 0 Å². The van der Waals surface area contributed by atoms with Crippen molar-refractivity contribution in [3.05, 3.63) is 27.8 Å². The second kappa shape index (κ2) is 6.64.